The number of nitrogens with two attached hydrogens (primary N) is 1. The highest BCUT2D eigenvalue weighted by molar-refractivity contribution is 5.90. The highest BCUT2D eigenvalue weighted by Crippen LogP contribution is 2.36. The Morgan fingerprint density at radius 1 is 0.816 bits per heavy atom. The highest BCUT2D eigenvalue weighted by atomic mass is 16.7. The van der Waals surface area contributed by atoms with Crippen molar-refractivity contribution in [2.45, 2.75) is 217 Å². The van der Waals surface area contributed by atoms with Crippen LogP contribution in [0.3, 0.4) is 0 Å². The summed E-state index contributed by atoms with van der Waals surface area (Å²) in [5.41, 5.74) is 6.14. The predicted molar refractivity (Wildman–Crippen MR) is 287 cm³/mol. The molecule has 436 valence electrons. The van der Waals surface area contributed by atoms with E-state index in [4.69, 9.17) is 19.9 Å². The number of cyclic esters (lactones) is 1. The summed E-state index contributed by atoms with van der Waals surface area (Å²) in [4.78, 5) is 41.2. The number of unbranched alkanes of at least 4 members (excludes halogenated alkanes) is 2. The number of rotatable bonds is 12. The van der Waals surface area contributed by atoms with E-state index in [-0.39, 0.29) is 56.8 Å². The number of hydrogen-bond acceptors (Lipinski definition) is 17. The van der Waals surface area contributed by atoms with E-state index in [0.29, 0.717) is 18.1 Å². The van der Waals surface area contributed by atoms with Crippen molar-refractivity contribution in [1.82, 2.24) is 5.32 Å². The van der Waals surface area contributed by atoms with E-state index in [2.05, 4.69) is 22.5 Å². The third kappa shape index (κ3) is 24.7. The standard InChI is InChI=1S/C56H95N3O17/c1-33-18-14-15-22-50(69)75-53(36(4)19-13-11-9-10-12-16-25-59-55(57)58-8)37(5)21-17-20-35(3)52(71)39(7)45(63)28-41(74-51(70)31-49(67)68)26-40(60)27-42-29-47(65)54(72)56(73,76-42)32-48(66)34(2)23-24-43(61)38(6)46(64)30-44(33)62/h9-10,14-15,17-18,20-22,33-34,36-48,52-54,60-66,71-73H,11-13,16,19,23-32H2,1-8H3,(H,67,68)(H3,57,58,59)/b10-9+,18-14-,21-17-,22-15-,35-20-. The van der Waals surface area contributed by atoms with Gasteiger partial charge in [-0.15, -0.1) is 0 Å². The fourth-order valence-corrected chi connectivity index (χ4v) is 9.58. The number of carboxylic acid groups (broad SMARTS) is 1. The summed E-state index contributed by atoms with van der Waals surface area (Å²) in [6, 6.07) is 0. The summed E-state index contributed by atoms with van der Waals surface area (Å²) in [6.45, 7) is 12.9. The molecule has 14 N–H and O–H groups in total. The minimum absolute atomic E-state index is 0.0676. The van der Waals surface area contributed by atoms with Crippen LogP contribution in [0.15, 0.2) is 65.2 Å². The van der Waals surface area contributed by atoms with Crippen LogP contribution >= 0.6 is 0 Å². The number of fused-ring (bicyclic) bond motifs is 2. The Hall–Kier alpha value is -4.06. The first-order valence-electron chi connectivity index (χ1n) is 27.1. The summed E-state index contributed by atoms with van der Waals surface area (Å²) in [5, 5.41) is 124. The van der Waals surface area contributed by atoms with Crippen LogP contribution in [-0.4, -0.2) is 173 Å². The van der Waals surface area contributed by atoms with Gasteiger partial charge in [0.25, 0.3) is 0 Å². The zero-order chi connectivity index (χ0) is 57.3. The normalized spacial score (nSPS) is 38.6. The lowest BCUT2D eigenvalue weighted by Gasteiger charge is -2.45. The largest absolute Gasteiger partial charge is 0.481 e. The maximum Gasteiger partial charge on any atom is 0.331 e. The van der Waals surface area contributed by atoms with Crippen molar-refractivity contribution in [2.75, 3.05) is 13.6 Å². The molecule has 2 aliphatic rings. The molecule has 0 aromatic heterocycles. The Kier molecular flexibility index (Phi) is 31.1. The van der Waals surface area contributed by atoms with E-state index in [1.165, 1.54) is 12.2 Å². The van der Waals surface area contributed by atoms with Gasteiger partial charge in [0, 0.05) is 75.4 Å². The van der Waals surface area contributed by atoms with E-state index in [1.54, 1.807) is 66.0 Å². The van der Waals surface area contributed by atoms with Crippen molar-refractivity contribution >= 4 is 23.9 Å². The van der Waals surface area contributed by atoms with Gasteiger partial charge in [-0.3, -0.25) is 14.6 Å². The van der Waals surface area contributed by atoms with E-state index in [0.717, 1.165) is 32.1 Å². The number of allylic oxidation sites excluding steroid dienone is 6. The summed E-state index contributed by atoms with van der Waals surface area (Å²) in [5.74, 6) is -8.27. The Labute approximate surface area is 450 Å². The van der Waals surface area contributed by atoms with Crippen LogP contribution in [0.25, 0.3) is 0 Å². The molecule has 19 unspecified atom stereocenters. The van der Waals surface area contributed by atoms with E-state index in [9.17, 15) is 70.6 Å². The fourth-order valence-electron chi connectivity index (χ4n) is 9.58. The molecule has 19 atom stereocenters. The Morgan fingerprint density at radius 3 is 2.12 bits per heavy atom. The Bertz CT molecular complexity index is 1910. The topological polar surface area (TPSA) is 352 Å². The number of aliphatic imine (C=N–C) groups is 1. The number of nitrogens with zero attached hydrogens (tertiary/aromatic N) is 1. The second kappa shape index (κ2) is 34.7. The predicted octanol–water partition coefficient (Wildman–Crippen LogP) is 3.23. The summed E-state index contributed by atoms with van der Waals surface area (Å²) < 4.78 is 17.3. The minimum Gasteiger partial charge on any atom is -0.481 e. The molecular weight excluding hydrogens is 987 g/mol. The second-order valence-corrected chi connectivity index (χ2v) is 21.6. The Balaban J connectivity index is 2.45. The molecule has 0 spiro atoms. The van der Waals surface area contributed by atoms with Gasteiger partial charge in [-0.25, -0.2) is 4.79 Å². The molecular formula is C56H95N3O17. The van der Waals surface area contributed by atoms with Gasteiger partial charge in [0.15, 0.2) is 11.7 Å². The summed E-state index contributed by atoms with van der Waals surface area (Å²) in [7, 11) is 1.62. The quantitative estimate of drug-likeness (QED) is 0.0333. The van der Waals surface area contributed by atoms with E-state index in [1.807, 2.05) is 19.9 Å². The van der Waals surface area contributed by atoms with Crippen molar-refractivity contribution in [3.63, 3.8) is 0 Å². The zero-order valence-corrected chi connectivity index (χ0v) is 46.1. The number of carboxylic acids is 1. The van der Waals surface area contributed by atoms with Gasteiger partial charge in [0.05, 0.1) is 54.9 Å². The van der Waals surface area contributed by atoms with Crippen LogP contribution in [0.2, 0.25) is 0 Å². The van der Waals surface area contributed by atoms with Crippen molar-refractivity contribution in [1.29, 1.82) is 0 Å². The summed E-state index contributed by atoms with van der Waals surface area (Å²) >= 11 is 0. The number of aliphatic hydroxyl groups is 10. The van der Waals surface area contributed by atoms with Gasteiger partial charge in [0.1, 0.15) is 24.7 Å². The van der Waals surface area contributed by atoms with Gasteiger partial charge < -0.3 is 81.4 Å². The molecule has 20 heteroatoms. The number of nitrogens with one attached hydrogen (secondary N) is 1. The molecule has 2 rings (SSSR count). The van der Waals surface area contributed by atoms with Gasteiger partial charge >= 0.3 is 17.9 Å². The van der Waals surface area contributed by atoms with E-state index < -0.39 is 133 Å². The molecule has 20 nitrogen and oxygen atoms in total. The Morgan fingerprint density at radius 2 is 1.46 bits per heavy atom. The lowest BCUT2D eigenvalue weighted by molar-refractivity contribution is -0.333. The number of aliphatic hydroxyl groups excluding tert-OH is 9. The first-order chi connectivity index (χ1) is 35.7. The summed E-state index contributed by atoms with van der Waals surface area (Å²) in [6.07, 6.45) is 2.36. The van der Waals surface area contributed by atoms with Crippen molar-refractivity contribution in [3.8, 4) is 0 Å². The lowest BCUT2D eigenvalue weighted by atomic mass is 9.83. The van der Waals surface area contributed by atoms with Gasteiger partial charge in [-0.05, 0) is 75.7 Å². The molecule has 76 heavy (non-hydrogen) atoms. The maximum absolute atomic E-state index is 13.3. The molecule has 1 saturated heterocycles. The number of carbonyl (C=O) groups is 3. The average molecular weight is 1080 g/mol. The molecule has 0 saturated carbocycles. The molecule has 2 heterocycles. The third-order valence-corrected chi connectivity index (χ3v) is 15.0. The molecule has 0 radical (unpaired) electrons. The maximum atomic E-state index is 13.3. The average Bonchev–Trinajstić information content (AvgIpc) is 3.35. The molecule has 2 aliphatic heterocycles. The van der Waals surface area contributed by atoms with Crippen LogP contribution in [0.1, 0.15) is 138 Å². The lowest BCUT2D eigenvalue weighted by Crippen LogP contribution is -2.59. The number of hydrogen-bond donors (Lipinski definition) is 13. The smallest absolute Gasteiger partial charge is 0.331 e. The number of carbonyl (C=O) groups excluding carboxylic acids is 2. The van der Waals surface area contributed by atoms with Crippen LogP contribution in [0.5, 0.6) is 0 Å². The van der Waals surface area contributed by atoms with Gasteiger partial charge in [-0.2, -0.15) is 0 Å². The minimum atomic E-state index is -2.49. The number of aliphatic carboxylic acids is 1. The van der Waals surface area contributed by atoms with Crippen LogP contribution in [0, 0.1) is 35.5 Å². The van der Waals surface area contributed by atoms with Crippen molar-refractivity contribution in [2.24, 2.45) is 46.2 Å². The molecule has 0 aromatic rings. The molecule has 1 fully saturated rings. The molecule has 2 bridgehead atoms. The number of guanidine groups is 1. The third-order valence-electron chi connectivity index (χ3n) is 15.0. The fraction of sp³-hybridized carbons (Fsp3) is 0.750. The van der Waals surface area contributed by atoms with Crippen LogP contribution in [0.4, 0.5) is 0 Å². The zero-order valence-electron chi connectivity index (χ0n) is 46.1. The second-order valence-electron chi connectivity index (χ2n) is 21.6. The van der Waals surface area contributed by atoms with Crippen LogP contribution < -0.4 is 11.1 Å². The number of esters is 2. The van der Waals surface area contributed by atoms with Gasteiger partial charge in [0.2, 0.25) is 0 Å². The number of ether oxygens (including phenoxy) is 3. The highest BCUT2D eigenvalue weighted by Gasteiger charge is 2.50. The first-order valence-corrected chi connectivity index (χ1v) is 27.1. The monoisotopic (exact) mass is 1080 g/mol. The first kappa shape index (κ1) is 68.0. The van der Waals surface area contributed by atoms with Gasteiger partial charge in [-0.1, -0.05) is 90.2 Å². The van der Waals surface area contributed by atoms with Crippen molar-refractivity contribution < 1.29 is 84.8 Å². The van der Waals surface area contributed by atoms with Crippen molar-refractivity contribution in [3.05, 3.63) is 60.3 Å². The molecule has 0 aromatic carbocycles. The van der Waals surface area contributed by atoms with E-state index >= 15 is 0 Å². The van der Waals surface area contributed by atoms with Crippen LogP contribution in [-0.2, 0) is 28.6 Å². The molecule has 0 amide bonds. The SMILES string of the molecule is CN=C(N)NCCC/C=C/CCCC(C)C1OC(=O)/C=C\C=C/C(C)C(O)CC(O)C(C)C(O)CCC(C)C(O)CC2(O)OC(CC(O)CC(OC(=O)CC(=O)O)CC(O)C(C)C(O)/C(C)=C\C=C/C1C)CC(O)C2O. The molecule has 0 aliphatic carbocycles.